The fourth-order valence-corrected chi connectivity index (χ4v) is 3.96. The molecule has 0 amide bonds. The van der Waals surface area contributed by atoms with Gasteiger partial charge in [0.05, 0.1) is 11.1 Å². The summed E-state index contributed by atoms with van der Waals surface area (Å²) in [4.78, 5) is 22.2. The molecule has 1 aromatic carbocycles. The van der Waals surface area contributed by atoms with Gasteiger partial charge in [-0.3, -0.25) is 4.79 Å². The van der Waals surface area contributed by atoms with Crippen molar-refractivity contribution in [3.05, 3.63) is 41.7 Å². The van der Waals surface area contributed by atoms with Crippen molar-refractivity contribution in [2.75, 3.05) is 31.1 Å². The Bertz CT molecular complexity index is 1020. The summed E-state index contributed by atoms with van der Waals surface area (Å²) in [6.07, 6.45) is 5.11. The van der Waals surface area contributed by atoms with Gasteiger partial charge in [0.25, 0.3) is 0 Å². The summed E-state index contributed by atoms with van der Waals surface area (Å²) >= 11 is 0. The maximum atomic E-state index is 11.5. The number of nitrogens with zero attached hydrogens (tertiary/aromatic N) is 6. The number of aromatic nitrogens is 5. The highest BCUT2D eigenvalue weighted by atomic mass is 16.3. The molecule has 3 aromatic rings. The molecule has 2 N–H and O–H groups in total. The van der Waals surface area contributed by atoms with Crippen molar-refractivity contribution in [3.63, 3.8) is 0 Å². The molecular weight excluding hydrogens is 394 g/mol. The van der Waals surface area contributed by atoms with Gasteiger partial charge in [0.15, 0.2) is 5.78 Å². The van der Waals surface area contributed by atoms with Gasteiger partial charge in [0.2, 0.25) is 5.95 Å². The smallest absolute Gasteiger partial charge is 0.225 e. The number of rotatable bonds is 8. The zero-order valence-electron chi connectivity index (χ0n) is 18.0. The second-order valence-electron chi connectivity index (χ2n) is 8.37. The van der Waals surface area contributed by atoms with Gasteiger partial charge in [-0.1, -0.05) is 11.3 Å². The third-order valence-electron chi connectivity index (χ3n) is 5.79. The van der Waals surface area contributed by atoms with E-state index in [0.717, 1.165) is 50.1 Å². The fourth-order valence-electron chi connectivity index (χ4n) is 3.96. The van der Waals surface area contributed by atoms with Crippen molar-refractivity contribution in [2.24, 2.45) is 5.92 Å². The number of ketones is 1. The number of benzene rings is 1. The van der Waals surface area contributed by atoms with Crippen LogP contribution < -0.4 is 10.2 Å². The molecular formula is C22H29N7O2. The summed E-state index contributed by atoms with van der Waals surface area (Å²) in [6.45, 7) is 7.26. The van der Waals surface area contributed by atoms with Crippen LogP contribution in [0.2, 0.25) is 0 Å². The van der Waals surface area contributed by atoms with E-state index in [-0.39, 0.29) is 5.78 Å². The number of Topliss-reactive ketones (excluding diaryl/α,β-unsaturated/α-hetero) is 1. The van der Waals surface area contributed by atoms with Gasteiger partial charge in [0.1, 0.15) is 12.1 Å². The first-order chi connectivity index (χ1) is 15.0. The lowest BCUT2D eigenvalue weighted by atomic mass is 9.97. The van der Waals surface area contributed by atoms with Crippen LogP contribution in [0.1, 0.15) is 48.7 Å². The van der Waals surface area contributed by atoms with E-state index in [0.29, 0.717) is 23.5 Å². The molecule has 4 rings (SSSR count). The summed E-state index contributed by atoms with van der Waals surface area (Å²) in [6, 6.07) is 6.65. The Labute approximate surface area is 181 Å². The molecule has 1 aliphatic rings. The van der Waals surface area contributed by atoms with Gasteiger partial charge < -0.3 is 15.3 Å². The molecule has 0 spiro atoms. The zero-order chi connectivity index (χ0) is 21.8. The van der Waals surface area contributed by atoms with Crippen LogP contribution in [0.4, 0.5) is 5.95 Å². The molecule has 9 heteroatoms. The summed E-state index contributed by atoms with van der Waals surface area (Å²) in [5.74, 6) is 0.890. The average Bonchev–Trinajstić information content (AvgIpc) is 3.23. The Hall–Kier alpha value is -2.91. The Morgan fingerprint density at radius 3 is 2.65 bits per heavy atom. The molecule has 0 aliphatic carbocycles. The van der Waals surface area contributed by atoms with Crippen molar-refractivity contribution < 1.29 is 9.90 Å². The maximum absolute atomic E-state index is 11.5. The number of aliphatic hydroxyl groups excluding tert-OH is 1. The Kier molecular flexibility index (Phi) is 6.53. The lowest BCUT2D eigenvalue weighted by molar-refractivity contribution is 0.0903. The van der Waals surface area contributed by atoms with E-state index < -0.39 is 6.61 Å². The van der Waals surface area contributed by atoms with Crippen LogP contribution in [0.15, 0.2) is 30.6 Å². The second kappa shape index (κ2) is 9.49. The van der Waals surface area contributed by atoms with Crippen molar-refractivity contribution in [1.29, 1.82) is 0 Å². The second-order valence-corrected chi connectivity index (χ2v) is 8.37. The van der Waals surface area contributed by atoms with Crippen LogP contribution in [-0.2, 0) is 6.54 Å². The van der Waals surface area contributed by atoms with Crippen LogP contribution in [0.5, 0.6) is 0 Å². The van der Waals surface area contributed by atoms with Gasteiger partial charge in [-0.15, -0.1) is 5.10 Å². The maximum Gasteiger partial charge on any atom is 0.225 e. The van der Waals surface area contributed by atoms with E-state index in [1.54, 1.807) is 0 Å². The molecule has 0 unspecified atom stereocenters. The fraction of sp³-hybridized carbons (Fsp3) is 0.500. The summed E-state index contributed by atoms with van der Waals surface area (Å²) in [7, 11) is 0. The summed E-state index contributed by atoms with van der Waals surface area (Å²) < 4.78 is 1.95. The number of carbonyl (C=O) groups is 1. The topological polar surface area (TPSA) is 109 Å². The number of aliphatic hydroxyl groups is 1. The van der Waals surface area contributed by atoms with Crippen LogP contribution in [0, 0.1) is 5.92 Å². The van der Waals surface area contributed by atoms with Crippen molar-refractivity contribution in [2.45, 2.75) is 39.3 Å². The molecule has 164 valence electrons. The van der Waals surface area contributed by atoms with Crippen molar-refractivity contribution in [3.8, 4) is 0 Å². The van der Waals surface area contributed by atoms with Gasteiger partial charge in [-0.25, -0.2) is 14.6 Å². The first-order valence-corrected chi connectivity index (χ1v) is 10.8. The highest BCUT2D eigenvalue weighted by molar-refractivity contribution is 5.96. The summed E-state index contributed by atoms with van der Waals surface area (Å²) in [5, 5.41) is 21.0. The van der Waals surface area contributed by atoms with Gasteiger partial charge in [0, 0.05) is 38.1 Å². The number of piperidine rings is 1. The van der Waals surface area contributed by atoms with E-state index in [1.807, 2.05) is 4.68 Å². The molecule has 3 heterocycles. The minimum absolute atomic E-state index is 0.297. The molecule has 0 radical (unpaired) electrons. The highest BCUT2D eigenvalue weighted by Gasteiger charge is 2.21. The van der Waals surface area contributed by atoms with Gasteiger partial charge in [-0.05, 0) is 56.8 Å². The SMILES string of the molecule is CC(C)n1nnc2cc(CNCC3CCN(c4ncc(C(=O)CO)cn4)CC3)ccc21. The average molecular weight is 424 g/mol. The molecule has 1 aliphatic heterocycles. The molecule has 9 nitrogen and oxygen atoms in total. The minimum atomic E-state index is -0.521. The van der Waals surface area contributed by atoms with Crippen molar-refractivity contribution in [1.82, 2.24) is 30.3 Å². The quantitative estimate of drug-likeness (QED) is 0.530. The monoisotopic (exact) mass is 423 g/mol. The Morgan fingerprint density at radius 2 is 1.97 bits per heavy atom. The van der Waals surface area contributed by atoms with E-state index >= 15 is 0 Å². The molecule has 1 fully saturated rings. The Morgan fingerprint density at radius 1 is 1.23 bits per heavy atom. The number of hydrogen-bond acceptors (Lipinski definition) is 8. The standard InChI is InChI=1S/C22H29N7O2/c1-15(2)29-20-4-3-17(9-19(20)26-27-29)11-23-10-16-5-7-28(8-6-16)22-24-12-18(13-25-22)21(31)14-30/h3-4,9,12-13,15-16,23,30H,5-8,10-11,14H2,1-2H3. The van der Waals surface area contributed by atoms with E-state index in [4.69, 9.17) is 5.11 Å². The largest absolute Gasteiger partial charge is 0.388 e. The molecule has 0 atom stereocenters. The van der Waals surface area contributed by atoms with Crippen LogP contribution >= 0.6 is 0 Å². The van der Waals surface area contributed by atoms with Gasteiger partial charge in [-0.2, -0.15) is 0 Å². The first kappa shape index (κ1) is 21.3. The predicted octanol–water partition coefficient (Wildman–Crippen LogP) is 1.98. The number of anilines is 1. The lowest BCUT2D eigenvalue weighted by Crippen LogP contribution is -2.38. The first-order valence-electron chi connectivity index (χ1n) is 10.8. The number of hydrogen-bond donors (Lipinski definition) is 2. The van der Waals surface area contributed by atoms with E-state index in [1.165, 1.54) is 18.0 Å². The van der Waals surface area contributed by atoms with E-state index in [9.17, 15) is 4.79 Å². The van der Waals surface area contributed by atoms with E-state index in [2.05, 4.69) is 62.5 Å². The molecule has 31 heavy (non-hydrogen) atoms. The molecule has 0 bridgehead atoms. The van der Waals surface area contributed by atoms with Crippen molar-refractivity contribution >= 4 is 22.8 Å². The van der Waals surface area contributed by atoms with Crippen LogP contribution in [-0.4, -0.2) is 62.1 Å². The van der Waals surface area contributed by atoms with Crippen LogP contribution in [0.25, 0.3) is 11.0 Å². The zero-order valence-corrected chi connectivity index (χ0v) is 18.0. The normalized spacial score (nSPS) is 15.2. The third-order valence-corrected chi connectivity index (χ3v) is 5.79. The van der Waals surface area contributed by atoms with Crippen LogP contribution in [0.3, 0.4) is 0 Å². The Balaban J connectivity index is 1.24. The third kappa shape index (κ3) is 4.88. The number of fused-ring (bicyclic) bond motifs is 1. The number of carbonyl (C=O) groups excluding carboxylic acids is 1. The van der Waals surface area contributed by atoms with Gasteiger partial charge >= 0.3 is 0 Å². The molecule has 2 aromatic heterocycles. The molecule has 0 saturated carbocycles. The summed E-state index contributed by atoms with van der Waals surface area (Å²) in [5.41, 5.74) is 3.57. The highest BCUT2D eigenvalue weighted by Crippen LogP contribution is 2.21. The minimum Gasteiger partial charge on any atom is -0.388 e. The number of nitrogens with one attached hydrogen (secondary N) is 1. The molecule has 1 saturated heterocycles. The lowest BCUT2D eigenvalue weighted by Gasteiger charge is -2.32. The predicted molar refractivity (Wildman–Crippen MR) is 118 cm³/mol.